The first-order valence-electron chi connectivity index (χ1n) is 5.88. The van der Waals surface area contributed by atoms with Crippen LogP contribution >= 0.6 is 38.6 Å². The third-order valence-corrected chi connectivity index (χ3v) is 5.05. The van der Waals surface area contributed by atoms with Crippen LogP contribution in [-0.4, -0.2) is 19.8 Å². The molecule has 0 atom stereocenters. The van der Waals surface area contributed by atoms with E-state index in [2.05, 4.69) is 50.2 Å². The zero-order chi connectivity index (χ0) is 12.6. The molecule has 0 bridgehead atoms. The summed E-state index contributed by atoms with van der Waals surface area (Å²) in [7, 11) is 0. The summed E-state index contributed by atoms with van der Waals surface area (Å²) in [5.41, 5.74) is 0. The number of ether oxygens (including phenoxy) is 1. The van der Waals surface area contributed by atoms with Crippen molar-refractivity contribution in [1.29, 1.82) is 0 Å². The Morgan fingerprint density at radius 1 is 1.22 bits per heavy atom. The molecule has 0 aliphatic carbocycles. The molecule has 0 aliphatic rings. The minimum atomic E-state index is 0.776. The topological polar surface area (TPSA) is 21.3 Å². The quantitative estimate of drug-likeness (QED) is 0.732. The molecule has 0 aromatic carbocycles. The SMILES string of the molecule is Brc1csc(CNCCOCCc2cccs2)c1. The summed E-state index contributed by atoms with van der Waals surface area (Å²) < 4.78 is 6.75. The van der Waals surface area contributed by atoms with E-state index in [0.29, 0.717) is 0 Å². The van der Waals surface area contributed by atoms with Crippen molar-refractivity contribution in [3.05, 3.63) is 43.2 Å². The van der Waals surface area contributed by atoms with Crippen molar-refractivity contribution in [2.75, 3.05) is 19.8 Å². The fourth-order valence-corrected chi connectivity index (χ4v) is 3.64. The van der Waals surface area contributed by atoms with Crippen LogP contribution in [0, 0.1) is 0 Å². The number of thiophene rings is 2. The van der Waals surface area contributed by atoms with Crippen molar-refractivity contribution in [2.45, 2.75) is 13.0 Å². The molecule has 0 saturated heterocycles. The maximum atomic E-state index is 5.59. The Hall–Kier alpha value is -0.200. The molecule has 0 radical (unpaired) electrons. The van der Waals surface area contributed by atoms with E-state index >= 15 is 0 Å². The maximum Gasteiger partial charge on any atom is 0.0591 e. The van der Waals surface area contributed by atoms with Crippen molar-refractivity contribution >= 4 is 38.6 Å². The van der Waals surface area contributed by atoms with Crippen molar-refractivity contribution < 1.29 is 4.74 Å². The molecule has 2 heterocycles. The fourth-order valence-electron chi connectivity index (χ4n) is 1.53. The zero-order valence-corrected chi connectivity index (χ0v) is 13.2. The largest absolute Gasteiger partial charge is 0.380 e. The van der Waals surface area contributed by atoms with Gasteiger partial charge in [-0.25, -0.2) is 0 Å². The number of hydrogen-bond acceptors (Lipinski definition) is 4. The third-order valence-electron chi connectivity index (χ3n) is 2.42. The van der Waals surface area contributed by atoms with E-state index < -0.39 is 0 Å². The number of nitrogens with one attached hydrogen (secondary N) is 1. The van der Waals surface area contributed by atoms with Crippen LogP contribution in [0.15, 0.2) is 33.4 Å². The number of rotatable bonds is 8. The van der Waals surface area contributed by atoms with Gasteiger partial charge in [0.05, 0.1) is 13.2 Å². The van der Waals surface area contributed by atoms with E-state index in [0.717, 1.165) is 37.2 Å². The van der Waals surface area contributed by atoms with Gasteiger partial charge < -0.3 is 10.1 Å². The molecule has 1 N–H and O–H groups in total. The molecule has 0 spiro atoms. The summed E-state index contributed by atoms with van der Waals surface area (Å²) in [5.74, 6) is 0. The van der Waals surface area contributed by atoms with Crippen LogP contribution in [0.4, 0.5) is 0 Å². The zero-order valence-electron chi connectivity index (χ0n) is 10.0. The first-order chi connectivity index (χ1) is 8.84. The van der Waals surface area contributed by atoms with E-state index in [-0.39, 0.29) is 0 Å². The van der Waals surface area contributed by atoms with Crippen molar-refractivity contribution in [2.24, 2.45) is 0 Å². The lowest BCUT2D eigenvalue weighted by Gasteiger charge is -2.04. The summed E-state index contributed by atoms with van der Waals surface area (Å²) in [6.45, 7) is 3.41. The summed E-state index contributed by atoms with van der Waals surface area (Å²) in [5, 5.41) is 7.59. The van der Waals surface area contributed by atoms with Crippen molar-refractivity contribution in [3.8, 4) is 0 Å². The van der Waals surface area contributed by atoms with Gasteiger partial charge in [0.15, 0.2) is 0 Å². The molecule has 18 heavy (non-hydrogen) atoms. The summed E-state index contributed by atoms with van der Waals surface area (Å²) in [6.07, 6.45) is 1.02. The van der Waals surface area contributed by atoms with Crippen LogP contribution in [0.1, 0.15) is 9.75 Å². The predicted octanol–water partition coefficient (Wildman–Crippen LogP) is 3.92. The van der Waals surface area contributed by atoms with Gasteiger partial charge in [-0.15, -0.1) is 22.7 Å². The molecule has 2 nitrogen and oxygen atoms in total. The van der Waals surface area contributed by atoms with Crippen LogP contribution in [0.2, 0.25) is 0 Å². The molecule has 98 valence electrons. The Labute approximate surface area is 124 Å². The van der Waals surface area contributed by atoms with Crippen LogP contribution in [0.5, 0.6) is 0 Å². The smallest absolute Gasteiger partial charge is 0.0591 e. The number of hydrogen-bond donors (Lipinski definition) is 1. The van der Waals surface area contributed by atoms with Gasteiger partial charge in [-0.1, -0.05) is 6.07 Å². The Bertz CT molecular complexity index is 442. The van der Waals surface area contributed by atoms with Gasteiger partial charge in [0.1, 0.15) is 0 Å². The maximum absolute atomic E-state index is 5.59. The third kappa shape index (κ3) is 5.20. The molecule has 2 aromatic heterocycles. The highest BCUT2D eigenvalue weighted by molar-refractivity contribution is 9.10. The molecular weight excluding hydrogens is 330 g/mol. The monoisotopic (exact) mass is 345 g/mol. The van der Waals surface area contributed by atoms with Gasteiger partial charge in [-0.3, -0.25) is 0 Å². The van der Waals surface area contributed by atoms with E-state index in [4.69, 9.17) is 4.74 Å². The molecule has 2 aromatic rings. The second-order valence-corrected chi connectivity index (χ2v) is 6.79. The van der Waals surface area contributed by atoms with E-state index in [9.17, 15) is 0 Å². The van der Waals surface area contributed by atoms with E-state index in [1.54, 1.807) is 22.7 Å². The van der Waals surface area contributed by atoms with Crippen LogP contribution in [0.3, 0.4) is 0 Å². The molecule has 0 fully saturated rings. The Balaban J connectivity index is 1.46. The first kappa shape index (κ1) is 14.2. The van der Waals surface area contributed by atoms with Gasteiger partial charge in [0.25, 0.3) is 0 Å². The normalized spacial score (nSPS) is 10.9. The summed E-state index contributed by atoms with van der Waals surface area (Å²) in [4.78, 5) is 2.74. The van der Waals surface area contributed by atoms with Gasteiger partial charge in [-0.05, 0) is 33.4 Å². The second kappa shape index (κ2) is 8.07. The van der Waals surface area contributed by atoms with Crippen LogP contribution in [-0.2, 0) is 17.7 Å². The lowest BCUT2D eigenvalue weighted by atomic mass is 10.4. The highest BCUT2D eigenvalue weighted by Crippen LogP contribution is 2.19. The summed E-state index contributed by atoms with van der Waals surface area (Å²) >= 11 is 7.01. The van der Waals surface area contributed by atoms with Gasteiger partial charge >= 0.3 is 0 Å². The Morgan fingerprint density at radius 3 is 2.89 bits per heavy atom. The lowest BCUT2D eigenvalue weighted by Crippen LogP contribution is -2.19. The van der Waals surface area contributed by atoms with Gasteiger partial charge in [-0.2, -0.15) is 0 Å². The minimum absolute atomic E-state index is 0.776. The summed E-state index contributed by atoms with van der Waals surface area (Å²) in [6, 6.07) is 6.39. The Morgan fingerprint density at radius 2 is 2.17 bits per heavy atom. The van der Waals surface area contributed by atoms with E-state index in [1.165, 1.54) is 9.75 Å². The van der Waals surface area contributed by atoms with E-state index in [1.807, 2.05) is 0 Å². The lowest BCUT2D eigenvalue weighted by molar-refractivity contribution is 0.139. The molecular formula is C13H16BrNOS2. The molecule has 0 unspecified atom stereocenters. The van der Waals surface area contributed by atoms with Crippen LogP contribution in [0.25, 0.3) is 0 Å². The van der Waals surface area contributed by atoms with Gasteiger partial charge in [0.2, 0.25) is 0 Å². The predicted molar refractivity (Wildman–Crippen MR) is 82.6 cm³/mol. The average Bonchev–Trinajstić information content (AvgIpc) is 3.00. The molecule has 0 amide bonds. The molecule has 5 heteroatoms. The average molecular weight is 346 g/mol. The fraction of sp³-hybridized carbons (Fsp3) is 0.385. The van der Waals surface area contributed by atoms with Crippen LogP contribution < -0.4 is 5.32 Å². The highest BCUT2D eigenvalue weighted by atomic mass is 79.9. The molecule has 2 rings (SSSR count). The number of halogens is 1. The molecule has 0 aliphatic heterocycles. The Kier molecular flexibility index (Phi) is 6.37. The van der Waals surface area contributed by atoms with Crippen molar-refractivity contribution in [3.63, 3.8) is 0 Å². The van der Waals surface area contributed by atoms with Gasteiger partial charge in [0, 0.05) is 39.1 Å². The minimum Gasteiger partial charge on any atom is -0.380 e. The standard InChI is InChI=1S/C13H16BrNOS2/c14-11-8-13(18-10-11)9-15-4-6-16-5-3-12-2-1-7-17-12/h1-2,7-8,10,15H,3-6,9H2. The highest BCUT2D eigenvalue weighted by Gasteiger charge is 1.97. The molecule has 0 saturated carbocycles. The first-order valence-corrected chi connectivity index (χ1v) is 8.43. The second-order valence-electron chi connectivity index (χ2n) is 3.85. The van der Waals surface area contributed by atoms with Crippen molar-refractivity contribution in [1.82, 2.24) is 5.32 Å².